The van der Waals surface area contributed by atoms with Gasteiger partial charge in [0.15, 0.2) is 0 Å². The van der Waals surface area contributed by atoms with E-state index in [9.17, 15) is 0 Å². The van der Waals surface area contributed by atoms with Crippen molar-refractivity contribution in [3.05, 3.63) is 63.1 Å². The fourth-order valence-corrected chi connectivity index (χ4v) is 2.75. The van der Waals surface area contributed by atoms with Crippen LogP contribution >= 0.6 is 15.9 Å². The van der Waals surface area contributed by atoms with Crippen LogP contribution < -0.4 is 0 Å². The van der Waals surface area contributed by atoms with Crippen molar-refractivity contribution < 1.29 is 0 Å². The van der Waals surface area contributed by atoms with Gasteiger partial charge in [-0.2, -0.15) is 0 Å². The Kier molecular flexibility index (Phi) is 5.78. The van der Waals surface area contributed by atoms with E-state index in [-0.39, 0.29) is 0 Å². The molecule has 0 saturated carbocycles. The molecule has 0 bridgehead atoms. The van der Waals surface area contributed by atoms with Crippen LogP contribution in [0.25, 0.3) is 0 Å². The Morgan fingerprint density at radius 3 is 2.55 bits per heavy atom. The summed E-state index contributed by atoms with van der Waals surface area (Å²) in [4.78, 5) is 6.73. The number of hydrogen-bond acceptors (Lipinski definition) is 1. The lowest BCUT2D eigenvalue weighted by Crippen LogP contribution is -2.14. The van der Waals surface area contributed by atoms with Crippen LogP contribution in [-0.2, 0) is 6.42 Å². The van der Waals surface area contributed by atoms with E-state index in [1.807, 2.05) is 19.5 Å². The van der Waals surface area contributed by atoms with Gasteiger partial charge in [-0.15, -0.1) is 0 Å². The first kappa shape index (κ1) is 16.8. The maximum atomic E-state index is 4.65. The molecule has 0 spiro atoms. The highest BCUT2D eigenvalue weighted by molar-refractivity contribution is 9.10. The smallest absolute Gasteiger partial charge is 0.0909 e. The van der Waals surface area contributed by atoms with Crippen LogP contribution in [0.4, 0.5) is 5.69 Å². The number of nitrogens with zero attached hydrogens (tertiary/aromatic N) is 2. The second kappa shape index (κ2) is 7.59. The van der Waals surface area contributed by atoms with Crippen molar-refractivity contribution in [2.75, 3.05) is 13.6 Å². The first-order chi connectivity index (χ1) is 10.5. The van der Waals surface area contributed by atoms with Gasteiger partial charge in [-0.05, 0) is 61.6 Å². The van der Waals surface area contributed by atoms with E-state index in [0.29, 0.717) is 0 Å². The van der Waals surface area contributed by atoms with Gasteiger partial charge in [-0.25, -0.2) is 4.99 Å². The van der Waals surface area contributed by atoms with E-state index in [1.54, 1.807) is 0 Å². The van der Waals surface area contributed by atoms with Gasteiger partial charge in [-0.1, -0.05) is 40.2 Å². The number of rotatable bonds is 5. The fourth-order valence-electron chi connectivity index (χ4n) is 2.32. The molecule has 0 aliphatic rings. The molecule has 0 N–H and O–H groups in total. The minimum absolute atomic E-state index is 0.918. The summed E-state index contributed by atoms with van der Waals surface area (Å²) in [5, 5.41) is 0. The van der Waals surface area contributed by atoms with Crippen molar-refractivity contribution in [3.8, 4) is 0 Å². The van der Waals surface area contributed by atoms with E-state index in [2.05, 4.69) is 76.9 Å². The van der Waals surface area contributed by atoms with Crippen LogP contribution in [0, 0.1) is 13.8 Å². The van der Waals surface area contributed by atoms with Crippen molar-refractivity contribution in [1.82, 2.24) is 4.90 Å². The molecule has 2 nitrogen and oxygen atoms in total. The molecule has 0 heterocycles. The van der Waals surface area contributed by atoms with Gasteiger partial charge in [0.1, 0.15) is 0 Å². The number of hydrogen-bond donors (Lipinski definition) is 0. The van der Waals surface area contributed by atoms with Crippen LogP contribution in [0.5, 0.6) is 0 Å². The van der Waals surface area contributed by atoms with Gasteiger partial charge >= 0.3 is 0 Å². The molecule has 0 aromatic heterocycles. The zero-order valence-corrected chi connectivity index (χ0v) is 15.3. The molecule has 0 saturated heterocycles. The van der Waals surface area contributed by atoms with Crippen molar-refractivity contribution in [1.29, 1.82) is 0 Å². The van der Waals surface area contributed by atoms with E-state index in [4.69, 9.17) is 0 Å². The number of benzene rings is 2. The molecule has 2 rings (SSSR count). The predicted octanol–water partition coefficient (Wildman–Crippen LogP) is 5.27. The lowest BCUT2D eigenvalue weighted by atomic mass is 9.97. The zero-order chi connectivity index (χ0) is 16.1. The summed E-state index contributed by atoms with van der Waals surface area (Å²) in [5.41, 5.74) is 6.19. The van der Waals surface area contributed by atoms with E-state index >= 15 is 0 Å². The predicted molar refractivity (Wildman–Crippen MR) is 99.3 cm³/mol. The van der Waals surface area contributed by atoms with Crippen LogP contribution in [-0.4, -0.2) is 24.8 Å². The SMILES string of the molecule is CCN(C)C=Nc1cc(C)cc(Cc2ccccc2Br)c1C. The molecule has 2 aromatic carbocycles. The minimum Gasteiger partial charge on any atom is -0.366 e. The molecule has 0 radical (unpaired) electrons. The summed E-state index contributed by atoms with van der Waals surface area (Å²) in [7, 11) is 2.04. The van der Waals surface area contributed by atoms with Gasteiger partial charge in [-0.3, -0.25) is 0 Å². The van der Waals surface area contributed by atoms with Gasteiger partial charge in [0.05, 0.1) is 12.0 Å². The zero-order valence-electron chi connectivity index (χ0n) is 13.7. The lowest BCUT2D eigenvalue weighted by molar-refractivity contribution is 0.552. The van der Waals surface area contributed by atoms with E-state index in [1.165, 1.54) is 22.3 Å². The molecule has 2 aromatic rings. The average molecular weight is 359 g/mol. The molecule has 0 atom stereocenters. The Bertz CT molecular complexity index is 677. The third-order valence-corrected chi connectivity index (χ3v) is 4.64. The molecule has 0 unspecified atom stereocenters. The van der Waals surface area contributed by atoms with Gasteiger partial charge in [0, 0.05) is 18.1 Å². The normalized spacial score (nSPS) is 11.1. The van der Waals surface area contributed by atoms with Gasteiger partial charge in [0.25, 0.3) is 0 Å². The maximum absolute atomic E-state index is 4.65. The third kappa shape index (κ3) is 4.20. The Morgan fingerprint density at radius 2 is 1.86 bits per heavy atom. The minimum atomic E-state index is 0.918. The van der Waals surface area contributed by atoms with Crippen LogP contribution in [0.2, 0.25) is 0 Å². The highest BCUT2D eigenvalue weighted by Crippen LogP contribution is 2.28. The highest BCUT2D eigenvalue weighted by atomic mass is 79.9. The molecule has 116 valence electrons. The number of aryl methyl sites for hydroxylation is 1. The van der Waals surface area contributed by atoms with E-state index < -0.39 is 0 Å². The maximum Gasteiger partial charge on any atom is 0.0909 e. The average Bonchev–Trinajstić information content (AvgIpc) is 2.50. The Labute approximate surface area is 142 Å². The molecular formula is C19H23BrN2. The largest absolute Gasteiger partial charge is 0.366 e. The molecule has 3 heteroatoms. The second-order valence-corrected chi connectivity index (χ2v) is 6.51. The third-order valence-electron chi connectivity index (χ3n) is 3.86. The molecule has 0 fully saturated rings. The number of aliphatic imine (C=N–C) groups is 1. The van der Waals surface area contributed by atoms with E-state index in [0.717, 1.165) is 23.1 Å². The summed E-state index contributed by atoms with van der Waals surface area (Å²) in [6.45, 7) is 7.36. The summed E-state index contributed by atoms with van der Waals surface area (Å²) in [6, 6.07) is 12.8. The Morgan fingerprint density at radius 1 is 1.14 bits per heavy atom. The summed E-state index contributed by atoms with van der Waals surface area (Å²) in [6.07, 6.45) is 2.82. The monoisotopic (exact) mass is 358 g/mol. The Hall–Kier alpha value is -1.61. The first-order valence-corrected chi connectivity index (χ1v) is 8.38. The summed E-state index contributed by atoms with van der Waals surface area (Å²) >= 11 is 3.64. The topological polar surface area (TPSA) is 15.6 Å². The Balaban J connectivity index is 2.35. The second-order valence-electron chi connectivity index (χ2n) is 5.65. The van der Waals surface area contributed by atoms with Gasteiger partial charge < -0.3 is 4.90 Å². The van der Waals surface area contributed by atoms with Crippen LogP contribution in [0.3, 0.4) is 0 Å². The van der Waals surface area contributed by atoms with Crippen LogP contribution in [0.15, 0.2) is 45.9 Å². The standard InChI is InChI=1S/C19H23BrN2/c1-5-22(4)13-21-19-11-14(2)10-17(15(19)3)12-16-8-6-7-9-18(16)20/h6-11,13H,5,12H2,1-4H3. The summed E-state index contributed by atoms with van der Waals surface area (Å²) in [5.74, 6) is 0. The van der Waals surface area contributed by atoms with Crippen molar-refractivity contribution in [2.24, 2.45) is 4.99 Å². The first-order valence-electron chi connectivity index (χ1n) is 7.59. The van der Waals surface area contributed by atoms with Crippen molar-refractivity contribution in [2.45, 2.75) is 27.2 Å². The summed E-state index contributed by atoms with van der Waals surface area (Å²) < 4.78 is 1.16. The van der Waals surface area contributed by atoms with Crippen molar-refractivity contribution in [3.63, 3.8) is 0 Å². The fraction of sp³-hybridized carbons (Fsp3) is 0.316. The molecule has 22 heavy (non-hydrogen) atoms. The van der Waals surface area contributed by atoms with Crippen molar-refractivity contribution >= 4 is 28.0 Å². The van der Waals surface area contributed by atoms with Gasteiger partial charge in [0.2, 0.25) is 0 Å². The quantitative estimate of drug-likeness (QED) is 0.525. The molecule has 0 amide bonds. The highest BCUT2D eigenvalue weighted by Gasteiger charge is 2.08. The number of halogens is 1. The molecule has 0 aliphatic heterocycles. The molecular weight excluding hydrogens is 336 g/mol. The van der Waals surface area contributed by atoms with Crippen LogP contribution in [0.1, 0.15) is 29.2 Å². The lowest BCUT2D eigenvalue weighted by Gasteiger charge is -2.13. The molecule has 0 aliphatic carbocycles.